The highest BCUT2D eigenvalue weighted by Gasteiger charge is 2.16. The summed E-state index contributed by atoms with van der Waals surface area (Å²) in [6.45, 7) is 1.64. The van der Waals surface area contributed by atoms with Crippen LogP contribution in [0.15, 0.2) is 18.2 Å². The van der Waals surface area contributed by atoms with Gasteiger partial charge in [-0.3, -0.25) is 0 Å². The van der Waals surface area contributed by atoms with Crippen LogP contribution >= 0.6 is 11.6 Å². The van der Waals surface area contributed by atoms with Crippen molar-refractivity contribution >= 4 is 17.3 Å². The minimum Gasteiger partial charge on any atom is -0.374 e. The monoisotopic (exact) mass is 266 g/mol. The van der Waals surface area contributed by atoms with E-state index >= 15 is 0 Å². The van der Waals surface area contributed by atoms with Crippen molar-refractivity contribution in [3.05, 3.63) is 28.8 Å². The molecule has 2 nitrogen and oxygen atoms in total. The quantitative estimate of drug-likeness (QED) is 0.898. The van der Waals surface area contributed by atoms with Crippen molar-refractivity contribution in [2.24, 2.45) is 11.7 Å². The van der Waals surface area contributed by atoms with E-state index in [2.05, 4.69) is 18.0 Å². The molecular formula is C15H23ClN2. The summed E-state index contributed by atoms with van der Waals surface area (Å²) in [5.41, 5.74) is 7.85. The predicted octanol–water partition coefficient (Wildman–Crippen LogP) is 3.82. The van der Waals surface area contributed by atoms with Crippen LogP contribution < -0.4 is 10.6 Å². The Morgan fingerprint density at radius 2 is 2.00 bits per heavy atom. The second-order valence-corrected chi connectivity index (χ2v) is 5.77. The Morgan fingerprint density at radius 3 is 2.61 bits per heavy atom. The molecule has 0 bridgehead atoms. The Labute approximate surface area is 115 Å². The molecular weight excluding hydrogens is 244 g/mol. The first-order chi connectivity index (χ1) is 8.70. The van der Waals surface area contributed by atoms with E-state index in [-0.39, 0.29) is 0 Å². The summed E-state index contributed by atoms with van der Waals surface area (Å²) in [5, 5.41) is 0.783. The third kappa shape index (κ3) is 3.39. The van der Waals surface area contributed by atoms with Crippen molar-refractivity contribution in [3.8, 4) is 0 Å². The molecule has 1 aromatic rings. The van der Waals surface area contributed by atoms with Crippen LogP contribution in [0.2, 0.25) is 5.02 Å². The lowest BCUT2D eigenvalue weighted by atomic mass is 9.89. The largest absolute Gasteiger partial charge is 0.374 e. The average Bonchev–Trinajstić information content (AvgIpc) is 2.39. The predicted molar refractivity (Wildman–Crippen MR) is 79.2 cm³/mol. The average molecular weight is 267 g/mol. The van der Waals surface area contributed by atoms with Crippen molar-refractivity contribution < 1.29 is 0 Å². The summed E-state index contributed by atoms with van der Waals surface area (Å²) in [5.74, 6) is 0.844. The molecule has 0 aromatic heterocycles. The van der Waals surface area contributed by atoms with Crippen LogP contribution in [0.3, 0.4) is 0 Å². The van der Waals surface area contributed by atoms with Crippen molar-refractivity contribution in [2.75, 3.05) is 18.5 Å². The Bertz CT molecular complexity index is 386. The first kappa shape index (κ1) is 13.7. The Balaban J connectivity index is 1.99. The lowest BCUT2D eigenvalue weighted by molar-refractivity contribution is 0.362. The number of nitrogens with two attached hydrogens (primary N) is 1. The molecule has 3 heteroatoms. The lowest BCUT2D eigenvalue weighted by Gasteiger charge is -2.28. The highest BCUT2D eigenvalue weighted by atomic mass is 35.5. The highest BCUT2D eigenvalue weighted by Crippen LogP contribution is 2.27. The standard InChI is InChI=1S/C15H23ClN2/c1-18(11-12-5-3-2-4-6-12)14-8-7-13(10-17)15(16)9-14/h7-9,12H,2-6,10-11,17H2,1H3. The minimum atomic E-state index is 0.505. The first-order valence-corrected chi connectivity index (χ1v) is 7.28. The number of hydrogen-bond acceptors (Lipinski definition) is 2. The van der Waals surface area contributed by atoms with Gasteiger partial charge in [0.2, 0.25) is 0 Å². The fraction of sp³-hybridized carbons (Fsp3) is 0.600. The van der Waals surface area contributed by atoms with Crippen LogP contribution in [-0.2, 0) is 6.54 Å². The molecule has 0 saturated heterocycles. The lowest BCUT2D eigenvalue weighted by Crippen LogP contribution is -2.26. The maximum absolute atomic E-state index is 6.21. The molecule has 0 amide bonds. The zero-order valence-electron chi connectivity index (χ0n) is 11.2. The third-order valence-corrected chi connectivity index (χ3v) is 4.31. The number of halogens is 1. The van der Waals surface area contributed by atoms with E-state index in [9.17, 15) is 0 Å². The van der Waals surface area contributed by atoms with Gasteiger partial charge >= 0.3 is 0 Å². The summed E-state index contributed by atoms with van der Waals surface area (Å²) in [7, 11) is 2.16. The van der Waals surface area contributed by atoms with Gasteiger partial charge in [-0.1, -0.05) is 36.9 Å². The van der Waals surface area contributed by atoms with Crippen LogP contribution in [0, 0.1) is 5.92 Å². The van der Waals surface area contributed by atoms with E-state index in [0.717, 1.165) is 23.0 Å². The van der Waals surface area contributed by atoms with Gasteiger partial charge in [0.25, 0.3) is 0 Å². The fourth-order valence-electron chi connectivity index (χ4n) is 2.80. The number of nitrogens with zero attached hydrogens (tertiary/aromatic N) is 1. The zero-order chi connectivity index (χ0) is 13.0. The summed E-state index contributed by atoms with van der Waals surface area (Å²) >= 11 is 6.21. The molecule has 1 saturated carbocycles. The summed E-state index contributed by atoms with van der Waals surface area (Å²) in [4.78, 5) is 2.32. The molecule has 100 valence electrons. The molecule has 18 heavy (non-hydrogen) atoms. The molecule has 0 radical (unpaired) electrons. The SMILES string of the molecule is CN(CC1CCCCC1)c1ccc(CN)c(Cl)c1. The molecule has 0 atom stereocenters. The first-order valence-electron chi connectivity index (χ1n) is 6.90. The smallest absolute Gasteiger partial charge is 0.0471 e. The maximum Gasteiger partial charge on any atom is 0.0471 e. The molecule has 0 spiro atoms. The second-order valence-electron chi connectivity index (χ2n) is 5.36. The number of benzene rings is 1. The van der Waals surface area contributed by atoms with Gasteiger partial charge in [-0.15, -0.1) is 0 Å². The van der Waals surface area contributed by atoms with Crippen LogP contribution in [0.5, 0.6) is 0 Å². The zero-order valence-corrected chi connectivity index (χ0v) is 11.9. The highest BCUT2D eigenvalue weighted by molar-refractivity contribution is 6.31. The van der Waals surface area contributed by atoms with Gasteiger partial charge in [0.15, 0.2) is 0 Å². The Hall–Kier alpha value is -0.730. The molecule has 0 unspecified atom stereocenters. The molecule has 2 rings (SSSR count). The van der Waals surface area contributed by atoms with Crippen LogP contribution in [0.25, 0.3) is 0 Å². The topological polar surface area (TPSA) is 29.3 Å². The normalized spacial score (nSPS) is 16.8. The van der Waals surface area contributed by atoms with Gasteiger partial charge in [0.1, 0.15) is 0 Å². The summed E-state index contributed by atoms with van der Waals surface area (Å²) in [6.07, 6.45) is 6.95. The minimum absolute atomic E-state index is 0.505. The van der Waals surface area contributed by atoms with E-state index in [4.69, 9.17) is 17.3 Å². The van der Waals surface area contributed by atoms with Crippen LogP contribution in [-0.4, -0.2) is 13.6 Å². The molecule has 1 aromatic carbocycles. The van der Waals surface area contributed by atoms with E-state index in [0.29, 0.717) is 6.54 Å². The van der Waals surface area contributed by atoms with Crippen molar-refractivity contribution in [2.45, 2.75) is 38.6 Å². The van der Waals surface area contributed by atoms with Crippen LogP contribution in [0.1, 0.15) is 37.7 Å². The number of rotatable bonds is 4. The van der Waals surface area contributed by atoms with Gasteiger partial charge in [-0.05, 0) is 36.5 Å². The van der Waals surface area contributed by atoms with E-state index in [1.54, 1.807) is 0 Å². The molecule has 1 fully saturated rings. The van der Waals surface area contributed by atoms with Gasteiger partial charge in [-0.25, -0.2) is 0 Å². The second kappa shape index (κ2) is 6.44. The van der Waals surface area contributed by atoms with Crippen molar-refractivity contribution in [1.29, 1.82) is 0 Å². The van der Waals surface area contributed by atoms with Gasteiger partial charge in [0.05, 0.1) is 0 Å². The van der Waals surface area contributed by atoms with Gasteiger partial charge in [-0.2, -0.15) is 0 Å². The van der Waals surface area contributed by atoms with E-state index in [1.165, 1.54) is 37.8 Å². The van der Waals surface area contributed by atoms with Crippen LogP contribution in [0.4, 0.5) is 5.69 Å². The molecule has 0 aliphatic heterocycles. The fourth-order valence-corrected chi connectivity index (χ4v) is 3.05. The van der Waals surface area contributed by atoms with Gasteiger partial charge < -0.3 is 10.6 Å². The van der Waals surface area contributed by atoms with Crippen molar-refractivity contribution in [3.63, 3.8) is 0 Å². The maximum atomic E-state index is 6.21. The summed E-state index contributed by atoms with van der Waals surface area (Å²) < 4.78 is 0. The summed E-state index contributed by atoms with van der Waals surface area (Å²) in [6, 6.07) is 6.19. The Morgan fingerprint density at radius 1 is 1.28 bits per heavy atom. The Kier molecular flexibility index (Phi) is 4.90. The number of anilines is 1. The van der Waals surface area contributed by atoms with E-state index < -0.39 is 0 Å². The van der Waals surface area contributed by atoms with E-state index in [1.807, 2.05) is 12.1 Å². The third-order valence-electron chi connectivity index (χ3n) is 3.95. The molecule has 0 heterocycles. The molecule has 1 aliphatic rings. The molecule has 1 aliphatic carbocycles. The number of hydrogen-bond donors (Lipinski definition) is 1. The molecule has 2 N–H and O–H groups in total. The van der Waals surface area contributed by atoms with Gasteiger partial charge in [0, 0.05) is 30.8 Å². The van der Waals surface area contributed by atoms with Crippen molar-refractivity contribution in [1.82, 2.24) is 0 Å².